The number of ether oxygens (including phenoxy) is 1. The van der Waals surface area contributed by atoms with Crippen LogP contribution in [0.25, 0.3) is 0 Å². The van der Waals surface area contributed by atoms with E-state index in [-0.39, 0.29) is 11.3 Å². The van der Waals surface area contributed by atoms with Gasteiger partial charge in [-0.3, -0.25) is 4.79 Å². The van der Waals surface area contributed by atoms with Gasteiger partial charge in [-0.25, -0.2) is 0 Å². The summed E-state index contributed by atoms with van der Waals surface area (Å²) in [6, 6.07) is 7.10. The van der Waals surface area contributed by atoms with E-state index in [4.69, 9.17) is 16.3 Å². The molecule has 5 heteroatoms. The lowest BCUT2D eigenvalue weighted by Gasteiger charge is -2.37. The van der Waals surface area contributed by atoms with E-state index in [1.807, 2.05) is 12.1 Å². The third-order valence-electron chi connectivity index (χ3n) is 3.86. The zero-order chi connectivity index (χ0) is 14.4. The molecule has 1 heterocycles. The van der Waals surface area contributed by atoms with Crippen LogP contribution in [0.15, 0.2) is 24.3 Å². The Balaban J connectivity index is 1.99. The largest absolute Gasteiger partial charge is 0.384 e. The molecule has 1 aromatic rings. The van der Waals surface area contributed by atoms with Gasteiger partial charge in [0.15, 0.2) is 0 Å². The SMILES string of the molecule is COCC1(CNC(=O)c2ccccc2Cl)CCNCC1. The van der Waals surface area contributed by atoms with Crippen molar-refractivity contribution < 1.29 is 9.53 Å². The summed E-state index contributed by atoms with van der Waals surface area (Å²) in [5, 5.41) is 6.82. The van der Waals surface area contributed by atoms with Crippen molar-refractivity contribution in [3.63, 3.8) is 0 Å². The van der Waals surface area contributed by atoms with E-state index >= 15 is 0 Å². The fourth-order valence-electron chi connectivity index (χ4n) is 2.64. The van der Waals surface area contributed by atoms with Crippen LogP contribution in [-0.2, 0) is 4.74 Å². The molecular weight excluding hydrogens is 276 g/mol. The molecule has 0 unspecified atom stereocenters. The Bertz CT molecular complexity index is 453. The van der Waals surface area contributed by atoms with Crippen LogP contribution in [0.4, 0.5) is 0 Å². The summed E-state index contributed by atoms with van der Waals surface area (Å²) >= 11 is 6.04. The predicted octanol–water partition coefficient (Wildman–Crippen LogP) is 2.09. The monoisotopic (exact) mass is 296 g/mol. The molecule has 1 amide bonds. The summed E-state index contributed by atoms with van der Waals surface area (Å²) in [5.41, 5.74) is 0.548. The van der Waals surface area contributed by atoms with Gasteiger partial charge in [0, 0.05) is 19.1 Å². The molecule has 0 spiro atoms. The normalized spacial score (nSPS) is 17.7. The molecule has 1 aromatic carbocycles. The molecule has 1 aliphatic rings. The molecule has 1 saturated heterocycles. The van der Waals surface area contributed by atoms with Gasteiger partial charge >= 0.3 is 0 Å². The molecule has 2 N–H and O–H groups in total. The van der Waals surface area contributed by atoms with Crippen molar-refractivity contribution in [2.75, 3.05) is 33.4 Å². The van der Waals surface area contributed by atoms with Crippen LogP contribution >= 0.6 is 11.6 Å². The van der Waals surface area contributed by atoms with Gasteiger partial charge in [-0.15, -0.1) is 0 Å². The molecule has 4 nitrogen and oxygen atoms in total. The second-order valence-corrected chi connectivity index (χ2v) is 5.75. The van der Waals surface area contributed by atoms with Crippen LogP contribution in [-0.4, -0.2) is 39.3 Å². The smallest absolute Gasteiger partial charge is 0.252 e. The zero-order valence-electron chi connectivity index (χ0n) is 11.7. The number of methoxy groups -OCH3 is 1. The molecule has 0 saturated carbocycles. The third kappa shape index (κ3) is 3.72. The minimum absolute atomic E-state index is 0.0247. The van der Waals surface area contributed by atoms with Gasteiger partial charge in [0.25, 0.3) is 5.91 Å². The topological polar surface area (TPSA) is 50.4 Å². The first-order chi connectivity index (χ1) is 9.67. The van der Waals surface area contributed by atoms with Crippen molar-refractivity contribution in [1.82, 2.24) is 10.6 Å². The molecule has 2 rings (SSSR count). The first-order valence-corrected chi connectivity index (χ1v) is 7.27. The number of carbonyl (C=O) groups excluding carboxylic acids is 1. The molecule has 0 atom stereocenters. The molecule has 0 aromatic heterocycles. The summed E-state index contributed by atoms with van der Waals surface area (Å²) in [7, 11) is 1.71. The highest BCUT2D eigenvalue weighted by molar-refractivity contribution is 6.33. The first kappa shape index (κ1) is 15.3. The van der Waals surface area contributed by atoms with Crippen LogP contribution in [0.1, 0.15) is 23.2 Å². The molecule has 1 fully saturated rings. The van der Waals surface area contributed by atoms with Crippen LogP contribution in [0.2, 0.25) is 5.02 Å². The molecule has 20 heavy (non-hydrogen) atoms. The minimum atomic E-state index is -0.121. The van der Waals surface area contributed by atoms with Gasteiger partial charge in [-0.2, -0.15) is 0 Å². The average molecular weight is 297 g/mol. The Labute approximate surface area is 124 Å². The van der Waals surface area contributed by atoms with E-state index in [0.29, 0.717) is 23.7 Å². The lowest BCUT2D eigenvalue weighted by atomic mass is 9.79. The maximum atomic E-state index is 12.2. The van der Waals surface area contributed by atoms with E-state index in [1.165, 1.54) is 0 Å². The highest BCUT2D eigenvalue weighted by atomic mass is 35.5. The van der Waals surface area contributed by atoms with Gasteiger partial charge in [0.05, 0.1) is 17.2 Å². The van der Waals surface area contributed by atoms with E-state index < -0.39 is 0 Å². The van der Waals surface area contributed by atoms with Crippen molar-refractivity contribution >= 4 is 17.5 Å². The average Bonchev–Trinajstić information content (AvgIpc) is 2.47. The lowest BCUT2D eigenvalue weighted by molar-refractivity contribution is 0.0512. The Morgan fingerprint density at radius 3 is 2.75 bits per heavy atom. The lowest BCUT2D eigenvalue weighted by Crippen LogP contribution is -2.47. The van der Waals surface area contributed by atoms with Crippen molar-refractivity contribution in [3.8, 4) is 0 Å². The quantitative estimate of drug-likeness (QED) is 0.875. The van der Waals surface area contributed by atoms with E-state index in [2.05, 4.69) is 10.6 Å². The summed E-state index contributed by atoms with van der Waals surface area (Å²) in [5.74, 6) is -0.121. The van der Waals surface area contributed by atoms with Crippen molar-refractivity contribution in [2.45, 2.75) is 12.8 Å². The van der Waals surface area contributed by atoms with Crippen molar-refractivity contribution in [3.05, 3.63) is 34.9 Å². The number of piperidine rings is 1. The van der Waals surface area contributed by atoms with Crippen LogP contribution in [0.3, 0.4) is 0 Å². The zero-order valence-corrected chi connectivity index (χ0v) is 12.5. The summed E-state index contributed by atoms with van der Waals surface area (Å²) in [6.45, 7) is 3.21. The van der Waals surface area contributed by atoms with E-state index in [0.717, 1.165) is 25.9 Å². The second-order valence-electron chi connectivity index (χ2n) is 5.35. The molecule has 110 valence electrons. The Hall–Kier alpha value is -1.10. The fraction of sp³-hybridized carbons (Fsp3) is 0.533. The number of halogens is 1. The molecule has 1 aliphatic heterocycles. The van der Waals surface area contributed by atoms with Crippen molar-refractivity contribution in [1.29, 1.82) is 0 Å². The number of rotatable bonds is 5. The summed E-state index contributed by atoms with van der Waals surface area (Å²) < 4.78 is 5.34. The maximum absolute atomic E-state index is 12.2. The van der Waals surface area contributed by atoms with Gasteiger partial charge in [0.2, 0.25) is 0 Å². The predicted molar refractivity (Wildman–Crippen MR) is 80.2 cm³/mol. The van der Waals surface area contributed by atoms with E-state index in [9.17, 15) is 4.79 Å². The van der Waals surface area contributed by atoms with Crippen LogP contribution in [0.5, 0.6) is 0 Å². The highest BCUT2D eigenvalue weighted by Gasteiger charge is 2.32. The number of carbonyl (C=O) groups is 1. The van der Waals surface area contributed by atoms with Gasteiger partial charge < -0.3 is 15.4 Å². The standard InChI is InChI=1S/C15H21ClN2O2/c1-20-11-15(6-8-17-9-7-15)10-18-14(19)12-4-2-3-5-13(12)16/h2-5,17H,6-11H2,1H3,(H,18,19). The van der Waals surface area contributed by atoms with Crippen LogP contribution < -0.4 is 10.6 Å². The Morgan fingerprint density at radius 2 is 2.10 bits per heavy atom. The third-order valence-corrected chi connectivity index (χ3v) is 4.19. The van der Waals surface area contributed by atoms with E-state index in [1.54, 1.807) is 19.2 Å². The van der Waals surface area contributed by atoms with Crippen LogP contribution in [0, 0.1) is 5.41 Å². The Morgan fingerprint density at radius 1 is 1.40 bits per heavy atom. The minimum Gasteiger partial charge on any atom is -0.384 e. The number of hydrogen-bond acceptors (Lipinski definition) is 3. The number of amides is 1. The number of benzene rings is 1. The fourth-order valence-corrected chi connectivity index (χ4v) is 2.87. The van der Waals surface area contributed by atoms with Gasteiger partial charge in [0.1, 0.15) is 0 Å². The summed E-state index contributed by atoms with van der Waals surface area (Å²) in [4.78, 5) is 12.2. The number of hydrogen-bond donors (Lipinski definition) is 2. The summed E-state index contributed by atoms with van der Waals surface area (Å²) in [6.07, 6.45) is 2.01. The first-order valence-electron chi connectivity index (χ1n) is 6.89. The number of nitrogens with one attached hydrogen (secondary N) is 2. The van der Waals surface area contributed by atoms with Gasteiger partial charge in [-0.1, -0.05) is 23.7 Å². The van der Waals surface area contributed by atoms with Crippen molar-refractivity contribution in [2.24, 2.45) is 5.41 Å². The molecular formula is C15H21ClN2O2. The second kappa shape index (κ2) is 7.07. The molecule has 0 bridgehead atoms. The maximum Gasteiger partial charge on any atom is 0.252 e. The Kier molecular flexibility index (Phi) is 5.40. The highest BCUT2D eigenvalue weighted by Crippen LogP contribution is 2.28. The molecule has 0 aliphatic carbocycles. The molecule has 0 radical (unpaired) electrons. The van der Waals surface area contributed by atoms with Gasteiger partial charge in [-0.05, 0) is 38.1 Å².